The van der Waals surface area contributed by atoms with E-state index in [0.717, 1.165) is 12.8 Å². The lowest BCUT2D eigenvalue weighted by Crippen LogP contribution is -2.30. The summed E-state index contributed by atoms with van der Waals surface area (Å²) in [6.45, 7) is 2.39. The van der Waals surface area contributed by atoms with Gasteiger partial charge < -0.3 is 10.2 Å². The van der Waals surface area contributed by atoms with E-state index in [-0.39, 0.29) is 5.41 Å². The zero-order valence-electron chi connectivity index (χ0n) is 16.7. The molecule has 1 aliphatic rings. The zero-order valence-corrected chi connectivity index (χ0v) is 16.7. The molecule has 1 aliphatic carbocycles. The Morgan fingerprint density at radius 1 is 0.667 bits per heavy atom. The average Bonchev–Trinajstić information content (AvgIpc) is 2.66. The van der Waals surface area contributed by atoms with Crippen LogP contribution in [0.3, 0.4) is 0 Å². The topological polar surface area (TPSA) is 40.5 Å². The van der Waals surface area contributed by atoms with Crippen molar-refractivity contribution >= 4 is 0 Å². The van der Waals surface area contributed by atoms with Crippen molar-refractivity contribution in [3.8, 4) is 11.5 Å². The number of hydrogen-bond donors (Lipinski definition) is 2. The van der Waals surface area contributed by atoms with Gasteiger partial charge in [0.05, 0.1) is 0 Å². The van der Waals surface area contributed by atoms with Crippen molar-refractivity contribution in [3.63, 3.8) is 0 Å². The van der Waals surface area contributed by atoms with Crippen molar-refractivity contribution in [1.29, 1.82) is 0 Å². The van der Waals surface area contributed by atoms with Gasteiger partial charge in [-0.2, -0.15) is 0 Å². The molecule has 0 aromatic heterocycles. The Bertz CT molecular complexity index is 642. The largest absolute Gasteiger partial charge is 0.508 e. The number of phenolic OH excluding ortho intramolecular Hbond substituents is 2. The minimum Gasteiger partial charge on any atom is -0.508 e. The third-order valence-corrected chi connectivity index (χ3v) is 6.34. The van der Waals surface area contributed by atoms with Gasteiger partial charge in [-0.3, -0.25) is 0 Å². The molecule has 2 aromatic carbocycles. The van der Waals surface area contributed by atoms with Crippen LogP contribution in [0.15, 0.2) is 48.5 Å². The first-order valence-corrected chi connectivity index (χ1v) is 10.7. The summed E-state index contributed by atoms with van der Waals surface area (Å²) in [5, 5.41) is 19.6. The van der Waals surface area contributed by atoms with Gasteiger partial charge in [-0.25, -0.2) is 0 Å². The normalized spacial score (nSPS) is 21.7. The second kappa shape index (κ2) is 9.30. The molecule has 0 spiro atoms. The molecule has 1 fully saturated rings. The van der Waals surface area contributed by atoms with Crippen LogP contribution in [-0.4, -0.2) is 10.2 Å². The Kier molecular flexibility index (Phi) is 6.82. The van der Waals surface area contributed by atoms with Crippen molar-refractivity contribution < 1.29 is 10.2 Å². The van der Waals surface area contributed by atoms with Crippen LogP contribution < -0.4 is 0 Å². The molecule has 1 atom stereocenters. The van der Waals surface area contributed by atoms with Gasteiger partial charge in [-0.05, 0) is 54.2 Å². The Balaban J connectivity index is 2.02. The van der Waals surface area contributed by atoms with E-state index in [1.54, 1.807) is 0 Å². The van der Waals surface area contributed by atoms with E-state index >= 15 is 0 Å². The highest BCUT2D eigenvalue weighted by atomic mass is 16.3. The summed E-state index contributed by atoms with van der Waals surface area (Å²) in [7, 11) is 0. The van der Waals surface area contributed by atoms with Crippen LogP contribution in [0.1, 0.15) is 82.3 Å². The van der Waals surface area contributed by atoms with Crippen molar-refractivity contribution in [3.05, 3.63) is 59.7 Å². The summed E-state index contributed by atoms with van der Waals surface area (Å²) >= 11 is 0. The van der Waals surface area contributed by atoms with Crippen LogP contribution in [-0.2, 0) is 5.41 Å². The summed E-state index contributed by atoms with van der Waals surface area (Å²) < 4.78 is 0. The Morgan fingerprint density at radius 2 is 1.11 bits per heavy atom. The maximum Gasteiger partial charge on any atom is 0.115 e. The van der Waals surface area contributed by atoms with Crippen LogP contribution in [0.4, 0.5) is 0 Å². The van der Waals surface area contributed by atoms with E-state index in [1.807, 2.05) is 24.3 Å². The molecule has 0 aliphatic heterocycles. The number of benzene rings is 2. The highest BCUT2D eigenvalue weighted by Crippen LogP contribution is 2.44. The van der Waals surface area contributed by atoms with Crippen molar-refractivity contribution in [1.82, 2.24) is 0 Å². The highest BCUT2D eigenvalue weighted by molar-refractivity contribution is 5.43. The predicted molar refractivity (Wildman–Crippen MR) is 112 cm³/mol. The number of aromatic hydroxyl groups is 2. The van der Waals surface area contributed by atoms with Gasteiger partial charge in [0.25, 0.3) is 0 Å². The predicted octanol–water partition coefficient (Wildman–Crippen LogP) is 6.93. The fraction of sp³-hybridized carbons (Fsp3) is 0.520. The average molecular weight is 367 g/mol. The van der Waals surface area contributed by atoms with Gasteiger partial charge in [0.2, 0.25) is 0 Å². The first-order valence-electron chi connectivity index (χ1n) is 10.7. The molecule has 1 unspecified atom stereocenters. The van der Waals surface area contributed by atoms with Gasteiger partial charge in [0.15, 0.2) is 0 Å². The van der Waals surface area contributed by atoms with E-state index in [4.69, 9.17) is 0 Å². The standard InChI is InChI=1S/C25H34O2/c1-20-9-7-5-3-2-4-6-8-18-25(19-20,21-10-14-23(26)15-11-21)22-12-16-24(27)17-13-22/h10-17,20,26-27H,2-9,18-19H2,1H3. The maximum absolute atomic E-state index is 9.82. The molecule has 2 heteroatoms. The van der Waals surface area contributed by atoms with Crippen LogP contribution in [0.5, 0.6) is 11.5 Å². The Morgan fingerprint density at radius 3 is 1.63 bits per heavy atom. The van der Waals surface area contributed by atoms with Gasteiger partial charge >= 0.3 is 0 Å². The summed E-state index contributed by atoms with van der Waals surface area (Å²) in [6, 6.07) is 15.7. The van der Waals surface area contributed by atoms with E-state index in [1.165, 1.54) is 62.5 Å². The van der Waals surface area contributed by atoms with E-state index in [9.17, 15) is 10.2 Å². The smallest absolute Gasteiger partial charge is 0.115 e. The van der Waals surface area contributed by atoms with Crippen LogP contribution in [0.2, 0.25) is 0 Å². The first-order chi connectivity index (χ1) is 13.1. The Hall–Kier alpha value is -1.96. The van der Waals surface area contributed by atoms with Crippen molar-refractivity contribution in [2.75, 3.05) is 0 Å². The fourth-order valence-electron chi connectivity index (χ4n) is 4.85. The minimum atomic E-state index is -0.0555. The molecule has 146 valence electrons. The molecule has 3 rings (SSSR count). The molecule has 0 heterocycles. The van der Waals surface area contributed by atoms with Crippen molar-refractivity contribution in [2.45, 2.75) is 76.5 Å². The van der Waals surface area contributed by atoms with Gasteiger partial charge in [0, 0.05) is 5.41 Å². The quantitative estimate of drug-likeness (QED) is 0.604. The monoisotopic (exact) mass is 366 g/mol. The Labute approximate surface area is 164 Å². The summed E-state index contributed by atoms with van der Waals surface area (Å²) in [5.74, 6) is 1.29. The molecule has 0 saturated heterocycles. The summed E-state index contributed by atoms with van der Waals surface area (Å²) in [5.41, 5.74) is 2.52. The van der Waals surface area contributed by atoms with Crippen LogP contribution in [0.25, 0.3) is 0 Å². The molecule has 0 bridgehead atoms. The lowest BCUT2D eigenvalue weighted by Gasteiger charge is -2.38. The second-order valence-electron chi connectivity index (χ2n) is 8.50. The number of hydrogen-bond acceptors (Lipinski definition) is 2. The number of rotatable bonds is 2. The first kappa shape index (κ1) is 19.8. The molecule has 0 amide bonds. The van der Waals surface area contributed by atoms with Gasteiger partial charge in [0.1, 0.15) is 11.5 Å². The summed E-state index contributed by atoms with van der Waals surface area (Å²) in [4.78, 5) is 0. The SMILES string of the molecule is CC1CCCCCCCCCC(c2ccc(O)cc2)(c2ccc(O)cc2)C1. The second-order valence-corrected chi connectivity index (χ2v) is 8.50. The summed E-state index contributed by atoms with van der Waals surface area (Å²) in [6.07, 6.45) is 12.8. The van der Waals surface area contributed by atoms with Crippen LogP contribution >= 0.6 is 0 Å². The van der Waals surface area contributed by atoms with E-state index in [2.05, 4.69) is 31.2 Å². The highest BCUT2D eigenvalue weighted by Gasteiger charge is 2.35. The molecular formula is C25H34O2. The third kappa shape index (κ3) is 5.06. The number of phenols is 2. The molecule has 2 N–H and O–H groups in total. The lowest BCUT2D eigenvalue weighted by atomic mass is 9.65. The van der Waals surface area contributed by atoms with Gasteiger partial charge in [-0.15, -0.1) is 0 Å². The van der Waals surface area contributed by atoms with Crippen molar-refractivity contribution in [2.24, 2.45) is 5.92 Å². The zero-order chi connectivity index (χ0) is 19.1. The molecular weight excluding hydrogens is 332 g/mol. The molecule has 2 nitrogen and oxygen atoms in total. The lowest BCUT2D eigenvalue weighted by molar-refractivity contribution is 0.320. The molecule has 2 aromatic rings. The minimum absolute atomic E-state index is 0.0555. The fourth-order valence-corrected chi connectivity index (χ4v) is 4.85. The van der Waals surface area contributed by atoms with Crippen LogP contribution in [0, 0.1) is 5.92 Å². The molecule has 0 radical (unpaired) electrons. The van der Waals surface area contributed by atoms with E-state index < -0.39 is 0 Å². The van der Waals surface area contributed by atoms with Gasteiger partial charge in [-0.1, -0.05) is 82.6 Å². The molecule has 1 saturated carbocycles. The molecule has 27 heavy (non-hydrogen) atoms. The maximum atomic E-state index is 9.82. The third-order valence-electron chi connectivity index (χ3n) is 6.34. The van der Waals surface area contributed by atoms with E-state index in [0.29, 0.717) is 17.4 Å².